The van der Waals surface area contributed by atoms with Crippen LogP contribution in [-0.2, 0) is 0 Å². The third kappa shape index (κ3) is 1.86. The fourth-order valence-corrected chi connectivity index (χ4v) is 3.80. The van der Waals surface area contributed by atoms with Gasteiger partial charge in [0.1, 0.15) is 5.69 Å². The average molecular weight is 246 g/mol. The minimum absolute atomic E-state index is 0.220. The first kappa shape index (κ1) is 11.8. The molecule has 1 aromatic rings. The summed E-state index contributed by atoms with van der Waals surface area (Å²) in [6, 6.07) is 2.57. The second kappa shape index (κ2) is 4.45. The zero-order valence-corrected chi connectivity index (χ0v) is 11.3. The molecule has 18 heavy (non-hydrogen) atoms. The molecule has 0 bridgehead atoms. The molecule has 1 aliphatic heterocycles. The summed E-state index contributed by atoms with van der Waals surface area (Å²) in [6.45, 7) is 4.97. The molecule has 1 saturated carbocycles. The highest BCUT2D eigenvalue weighted by molar-refractivity contribution is 5.94. The molecule has 3 rings (SSSR count). The van der Waals surface area contributed by atoms with Crippen LogP contribution < -0.4 is 0 Å². The summed E-state index contributed by atoms with van der Waals surface area (Å²) in [5, 5.41) is 0. The Hall–Kier alpha value is -1.25. The fourth-order valence-electron chi connectivity index (χ4n) is 3.80. The second-order valence-electron chi connectivity index (χ2n) is 5.91. The van der Waals surface area contributed by atoms with Crippen molar-refractivity contribution in [3.05, 3.63) is 23.0 Å². The van der Waals surface area contributed by atoms with Gasteiger partial charge in [-0.1, -0.05) is 6.42 Å². The number of carbonyl (C=O) groups is 1. The monoisotopic (exact) mass is 246 g/mol. The molecule has 1 amide bonds. The highest BCUT2D eigenvalue weighted by Crippen LogP contribution is 2.37. The number of hydrogen-bond acceptors (Lipinski definition) is 1. The number of fused-ring (bicyclic) bond motifs is 1. The molecule has 1 saturated heterocycles. The Balaban J connectivity index is 1.85. The quantitative estimate of drug-likeness (QED) is 0.812. The SMILES string of the molecule is Cc1cc(C)c(C(=O)N2CCCC3CCCC32)[nH]1. The Morgan fingerprint density at radius 3 is 2.78 bits per heavy atom. The van der Waals surface area contributed by atoms with E-state index >= 15 is 0 Å². The van der Waals surface area contributed by atoms with Crippen molar-refractivity contribution >= 4 is 5.91 Å². The average Bonchev–Trinajstić information content (AvgIpc) is 2.94. The van der Waals surface area contributed by atoms with Gasteiger partial charge < -0.3 is 9.88 Å². The van der Waals surface area contributed by atoms with Crippen molar-refractivity contribution in [2.45, 2.75) is 52.0 Å². The summed E-state index contributed by atoms with van der Waals surface area (Å²) in [5.41, 5.74) is 2.97. The van der Waals surface area contributed by atoms with E-state index in [2.05, 4.69) is 16.0 Å². The maximum Gasteiger partial charge on any atom is 0.270 e. The molecule has 3 nitrogen and oxygen atoms in total. The second-order valence-corrected chi connectivity index (χ2v) is 5.91. The number of likely N-dealkylation sites (tertiary alicyclic amines) is 1. The van der Waals surface area contributed by atoms with Crippen LogP contribution in [-0.4, -0.2) is 28.4 Å². The van der Waals surface area contributed by atoms with Gasteiger partial charge in [0, 0.05) is 18.3 Å². The van der Waals surface area contributed by atoms with Crippen LogP contribution in [0.15, 0.2) is 6.07 Å². The lowest BCUT2D eigenvalue weighted by Gasteiger charge is -2.37. The summed E-state index contributed by atoms with van der Waals surface area (Å²) < 4.78 is 0. The molecule has 1 aromatic heterocycles. The molecule has 3 heteroatoms. The lowest BCUT2D eigenvalue weighted by Crippen LogP contribution is -2.46. The molecule has 2 atom stereocenters. The van der Waals surface area contributed by atoms with Crippen LogP contribution >= 0.6 is 0 Å². The summed E-state index contributed by atoms with van der Waals surface area (Å²) in [4.78, 5) is 18.0. The van der Waals surface area contributed by atoms with Gasteiger partial charge in [0.05, 0.1) is 0 Å². The van der Waals surface area contributed by atoms with E-state index in [0.717, 1.165) is 29.4 Å². The maximum absolute atomic E-state index is 12.7. The predicted molar refractivity (Wildman–Crippen MR) is 71.7 cm³/mol. The van der Waals surface area contributed by atoms with Crippen LogP contribution in [0.2, 0.25) is 0 Å². The molecule has 0 spiro atoms. The van der Waals surface area contributed by atoms with Crippen molar-refractivity contribution in [1.29, 1.82) is 0 Å². The zero-order chi connectivity index (χ0) is 12.7. The number of aryl methyl sites for hydroxylation is 2. The number of nitrogens with one attached hydrogen (secondary N) is 1. The van der Waals surface area contributed by atoms with E-state index in [1.165, 1.54) is 32.1 Å². The molecule has 2 heterocycles. The number of aromatic nitrogens is 1. The summed E-state index contributed by atoms with van der Waals surface area (Å²) in [6.07, 6.45) is 6.30. The Labute approximate surface area is 109 Å². The number of hydrogen-bond donors (Lipinski definition) is 1. The van der Waals surface area contributed by atoms with Crippen LogP contribution in [0.5, 0.6) is 0 Å². The zero-order valence-electron chi connectivity index (χ0n) is 11.3. The molecule has 98 valence electrons. The summed E-state index contributed by atoms with van der Waals surface area (Å²) in [7, 11) is 0. The standard InChI is InChI=1S/C15H22N2O/c1-10-9-11(2)16-14(10)15(18)17-8-4-6-12-5-3-7-13(12)17/h9,12-13,16H,3-8H2,1-2H3. The Bertz CT molecular complexity index is 463. The van der Waals surface area contributed by atoms with Crippen LogP contribution in [0.1, 0.15) is 53.8 Å². The normalized spacial score (nSPS) is 27.3. The van der Waals surface area contributed by atoms with Crippen molar-refractivity contribution in [3.8, 4) is 0 Å². The van der Waals surface area contributed by atoms with Gasteiger partial charge in [-0.2, -0.15) is 0 Å². The first-order chi connectivity index (χ1) is 8.66. The van der Waals surface area contributed by atoms with Crippen molar-refractivity contribution in [1.82, 2.24) is 9.88 Å². The smallest absolute Gasteiger partial charge is 0.270 e. The molecule has 1 aliphatic carbocycles. The van der Waals surface area contributed by atoms with Gasteiger partial charge in [0.25, 0.3) is 5.91 Å². The number of nitrogens with zero attached hydrogens (tertiary/aromatic N) is 1. The maximum atomic E-state index is 12.7. The molecule has 1 N–H and O–H groups in total. The van der Waals surface area contributed by atoms with E-state index in [1.54, 1.807) is 0 Å². The first-order valence-electron chi connectivity index (χ1n) is 7.14. The van der Waals surface area contributed by atoms with Crippen LogP contribution in [0.25, 0.3) is 0 Å². The van der Waals surface area contributed by atoms with Crippen LogP contribution in [0, 0.1) is 19.8 Å². The highest BCUT2D eigenvalue weighted by Gasteiger charge is 2.38. The third-order valence-electron chi connectivity index (χ3n) is 4.62. The number of aromatic amines is 1. The largest absolute Gasteiger partial charge is 0.354 e. The van der Waals surface area contributed by atoms with E-state index in [1.807, 2.05) is 13.8 Å². The number of H-pyrrole nitrogens is 1. The predicted octanol–water partition coefficient (Wildman–Crippen LogP) is 3.04. The van der Waals surface area contributed by atoms with Gasteiger partial charge in [-0.25, -0.2) is 0 Å². The van der Waals surface area contributed by atoms with Gasteiger partial charge in [0.15, 0.2) is 0 Å². The topological polar surface area (TPSA) is 36.1 Å². The van der Waals surface area contributed by atoms with Gasteiger partial charge in [-0.05, 0) is 57.1 Å². The molecular weight excluding hydrogens is 224 g/mol. The number of rotatable bonds is 1. The van der Waals surface area contributed by atoms with Crippen molar-refractivity contribution in [2.24, 2.45) is 5.92 Å². The molecular formula is C15H22N2O. The number of piperidine rings is 1. The van der Waals surface area contributed by atoms with Gasteiger partial charge >= 0.3 is 0 Å². The van der Waals surface area contributed by atoms with Crippen molar-refractivity contribution in [3.63, 3.8) is 0 Å². The van der Waals surface area contributed by atoms with E-state index in [0.29, 0.717) is 6.04 Å². The van der Waals surface area contributed by atoms with E-state index < -0.39 is 0 Å². The first-order valence-corrected chi connectivity index (χ1v) is 7.14. The van der Waals surface area contributed by atoms with Crippen LogP contribution in [0.3, 0.4) is 0 Å². The van der Waals surface area contributed by atoms with Crippen LogP contribution in [0.4, 0.5) is 0 Å². The molecule has 2 aliphatic rings. The highest BCUT2D eigenvalue weighted by atomic mass is 16.2. The lowest BCUT2D eigenvalue weighted by atomic mass is 9.91. The van der Waals surface area contributed by atoms with Gasteiger partial charge in [0.2, 0.25) is 0 Å². The Morgan fingerprint density at radius 2 is 2.06 bits per heavy atom. The fraction of sp³-hybridized carbons (Fsp3) is 0.667. The minimum atomic E-state index is 0.220. The third-order valence-corrected chi connectivity index (χ3v) is 4.62. The molecule has 0 radical (unpaired) electrons. The van der Waals surface area contributed by atoms with Gasteiger partial charge in [-0.3, -0.25) is 4.79 Å². The van der Waals surface area contributed by atoms with Gasteiger partial charge in [-0.15, -0.1) is 0 Å². The molecule has 2 unspecified atom stereocenters. The molecule has 0 aromatic carbocycles. The minimum Gasteiger partial charge on any atom is -0.354 e. The van der Waals surface area contributed by atoms with Crippen molar-refractivity contribution in [2.75, 3.05) is 6.54 Å². The molecule has 2 fully saturated rings. The summed E-state index contributed by atoms with van der Waals surface area (Å²) in [5.74, 6) is 0.983. The van der Waals surface area contributed by atoms with Crippen molar-refractivity contribution < 1.29 is 4.79 Å². The Kier molecular flexibility index (Phi) is 2.92. The Morgan fingerprint density at radius 1 is 1.28 bits per heavy atom. The van der Waals surface area contributed by atoms with E-state index in [9.17, 15) is 4.79 Å². The number of carbonyl (C=O) groups excluding carboxylic acids is 1. The number of amides is 1. The van der Waals surface area contributed by atoms with E-state index in [4.69, 9.17) is 0 Å². The summed E-state index contributed by atoms with van der Waals surface area (Å²) >= 11 is 0. The van der Waals surface area contributed by atoms with E-state index in [-0.39, 0.29) is 5.91 Å². The lowest BCUT2D eigenvalue weighted by molar-refractivity contribution is 0.0542.